The van der Waals surface area contributed by atoms with E-state index in [0.717, 1.165) is 43.9 Å². The van der Waals surface area contributed by atoms with Gasteiger partial charge in [-0.25, -0.2) is 4.98 Å². The van der Waals surface area contributed by atoms with Gasteiger partial charge in [-0.3, -0.25) is 9.48 Å². The number of nitrogens with zero attached hydrogens (tertiary/aromatic N) is 4. The van der Waals surface area contributed by atoms with Crippen LogP contribution >= 0.6 is 11.3 Å². The van der Waals surface area contributed by atoms with E-state index in [2.05, 4.69) is 30.9 Å². The van der Waals surface area contributed by atoms with Gasteiger partial charge in [-0.05, 0) is 31.7 Å². The van der Waals surface area contributed by atoms with Crippen LogP contribution in [0.15, 0.2) is 17.6 Å². The van der Waals surface area contributed by atoms with E-state index in [1.807, 2.05) is 34.1 Å². The van der Waals surface area contributed by atoms with Crippen LogP contribution in [0.5, 0.6) is 0 Å². The predicted octanol–water partition coefficient (Wildman–Crippen LogP) is 3.68. The average molecular weight is 346 g/mol. The van der Waals surface area contributed by atoms with Crippen LogP contribution in [-0.2, 0) is 12.0 Å². The van der Waals surface area contributed by atoms with Crippen LogP contribution in [0.2, 0.25) is 0 Å². The molecule has 3 heterocycles. The molecule has 3 rings (SSSR count). The van der Waals surface area contributed by atoms with Crippen molar-refractivity contribution in [3.8, 4) is 0 Å². The lowest BCUT2D eigenvalue weighted by Gasteiger charge is -2.38. The Morgan fingerprint density at radius 3 is 2.62 bits per heavy atom. The highest BCUT2D eigenvalue weighted by atomic mass is 32.1. The van der Waals surface area contributed by atoms with E-state index in [0.29, 0.717) is 5.92 Å². The smallest absolute Gasteiger partial charge is 0.272 e. The van der Waals surface area contributed by atoms with Crippen LogP contribution < -0.4 is 0 Å². The molecule has 0 bridgehead atoms. The zero-order valence-electron chi connectivity index (χ0n) is 15.0. The molecule has 2 aromatic heterocycles. The standard InChI is InChI=1S/C18H26N4OS/c1-5-22-15(12-14(20-22)13(2)3)16(23)21-9-6-18(4,7-10-21)17-19-8-11-24-17/h8,11-13H,5-7,9-10H2,1-4H3. The molecule has 5 nitrogen and oxygen atoms in total. The second-order valence-corrected chi connectivity index (χ2v) is 8.01. The Morgan fingerprint density at radius 1 is 1.38 bits per heavy atom. The molecule has 1 fully saturated rings. The Labute approximate surface area is 147 Å². The van der Waals surface area contributed by atoms with Crippen molar-refractivity contribution >= 4 is 17.2 Å². The summed E-state index contributed by atoms with van der Waals surface area (Å²) in [5.74, 6) is 0.441. The van der Waals surface area contributed by atoms with Crippen LogP contribution in [0, 0.1) is 0 Å². The molecule has 6 heteroatoms. The lowest BCUT2D eigenvalue weighted by Crippen LogP contribution is -2.44. The van der Waals surface area contributed by atoms with Crippen LogP contribution in [0.1, 0.15) is 67.6 Å². The Bertz CT molecular complexity index is 697. The largest absolute Gasteiger partial charge is 0.337 e. The molecular weight excluding hydrogens is 320 g/mol. The Balaban J connectivity index is 1.74. The molecule has 0 saturated carbocycles. The van der Waals surface area contributed by atoms with Crippen molar-refractivity contribution in [3.63, 3.8) is 0 Å². The van der Waals surface area contributed by atoms with E-state index in [1.165, 1.54) is 5.01 Å². The first-order valence-electron chi connectivity index (χ1n) is 8.71. The fourth-order valence-electron chi connectivity index (χ4n) is 3.23. The Hall–Kier alpha value is -1.69. The number of aromatic nitrogens is 3. The van der Waals surface area contributed by atoms with Crippen molar-refractivity contribution in [2.45, 2.75) is 58.4 Å². The highest BCUT2D eigenvalue weighted by molar-refractivity contribution is 7.09. The minimum Gasteiger partial charge on any atom is -0.337 e. The summed E-state index contributed by atoms with van der Waals surface area (Å²) in [6.07, 6.45) is 3.79. The van der Waals surface area contributed by atoms with Crippen molar-refractivity contribution in [2.24, 2.45) is 0 Å². The zero-order valence-corrected chi connectivity index (χ0v) is 15.8. The number of amides is 1. The highest BCUT2D eigenvalue weighted by Crippen LogP contribution is 2.36. The average Bonchev–Trinajstić information content (AvgIpc) is 3.24. The molecule has 0 aromatic carbocycles. The Morgan fingerprint density at radius 2 is 2.08 bits per heavy atom. The summed E-state index contributed by atoms with van der Waals surface area (Å²) in [5.41, 5.74) is 1.81. The fraction of sp³-hybridized carbons (Fsp3) is 0.611. The van der Waals surface area contributed by atoms with Gasteiger partial charge in [0.2, 0.25) is 0 Å². The van der Waals surface area contributed by atoms with Gasteiger partial charge in [-0.15, -0.1) is 11.3 Å². The number of hydrogen-bond acceptors (Lipinski definition) is 4. The molecule has 1 aliphatic heterocycles. The van der Waals surface area contributed by atoms with Crippen LogP contribution in [0.25, 0.3) is 0 Å². The van der Waals surface area contributed by atoms with Gasteiger partial charge in [0.25, 0.3) is 5.91 Å². The van der Waals surface area contributed by atoms with Gasteiger partial charge >= 0.3 is 0 Å². The summed E-state index contributed by atoms with van der Waals surface area (Å²) >= 11 is 1.72. The summed E-state index contributed by atoms with van der Waals surface area (Å²) in [6, 6.07) is 1.96. The normalized spacial score (nSPS) is 17.5. The van der Waals surface area contributed by atoms with Crippen LogP contribution in [0.4, 0.5) is 0 Å². The molecule has 2 aromatic rings. The summed E-state index contributed by atoms with van der Waals surface area (Å²) in [7, 11) is 0. The number of carbonyl (C=O) groups excluding carboxylic acids is 1. The van der Waals surface area contributed by atoms with Gasteiger partial charge in [0.15, 0.2) is 0 Å². The highest BCUT2D eigenvalue weighted by Gasteiger charge is 2.36. The number of aryl methyl sites for hydroxylation is 1. The molecule has 1 amide bonds. The van der Waals surface area contributed by atoms with Gasteiger partial charge in [0.1, 0.15) is 5.69 Å². The van der Waals surface area contributed by atoms with E-state index in [9.17, 15) is 4.79 Å². The van der Waals surface area contributed by atoms with Gasteiger partial charge in [-0.1, -0.05) is 20.8 Å². The SMILES string of the molecule is CCn1nc(C(C)C)cc1C(=O)N1CCC(C)(c2nccs2)CC1. The van der Waals surface area contributed by atoms with Crippen molar-refractivity contribution in [1.82, 2.24) is 19.7 Å². The topological polar surface area (TPSA) is 51.0 Å². The van der Waals surface area contributed by atoms with Crippen molar-refractivity contribution in [2.75, 3.05) is 13.1 Å². The lowest BCUT2D eigenvalue weighted by molar-refractivity contribution is 0.0663. The number of rotatable bonds is 4. The third-order valence-electron chi connectivity index (χ3n) is 5.01. The molecule has 0 N–H and O–H groups in total. The maximum Gasteiger partial charge on any atom is 0.272 e. The Kier molecular flexibility index (Phi) is 4.76. The second-order valence-electron chi connectivity index (χ2n) is 7.12. The van der Waals surface area contributed by atoms with E-state index in [4.69, 9.17) is 0 Å². The number of carbonyl (C=O) groups is 1. The molecule has 0 aliphatic carbocycles. The van der Waals surface area contributed by atoms with Gasteiger partial charge in [0, 0.05) is 36.6 Å². The summed E-state index contributed by atoms with van der Waals surface area (Å²) in [5, 5.41) is 7.80. The molecule has 24 heavy (non-hydrogen) atoms. The molecule has 0 radical (unpaired) electrons. The van der Waals surface area contributed by atoms with Gasteiger partial charge in [-0.2, -0.15) is 5.10 Å². The summed E-state index contributed by atoms with van der Waals surface area (Å²) in [4.78, 5) is 19.4. The predicted molar refractivity (Wildman–Crippen MR) is 96.6 cm³/mol. The maximum atomic E-state index is 13.0. The van der Waals surface area contributed by atoms with Crippen LogP contribution in [-0.4, -0.2) is 38.7 Å². The zero-order chi connectivity index (χ0) is 17.3. The van der Waals surface area contributed by atoms with Crippen molar-refractivity contribution in [3.05, 3.63) is 34.0 Å². The van der Waals surface area contributed by atoms with Crippen molar-refractivity contribution < 1.29 is 4.79 Å². The van der Waals surface area contributed by atoms with E-state index < -0.39 is 0 Å². The molecular formula is C18H26N4OS. The summed E-state index contributed by atoms with van der Waals surface area (Å²) in [6.45, 7) is 10.8. The first kappa shape index (κ1) is 17.1. The lowest BCUT2D eigenvalue weighted by atomic mass is 9.81. The second kappa shape index (κ2) is 6.67. The van der Waals surface area contributed by atoms with Crippen molar-refractivity contribution in [1.29, 1.82) is 0 Å². The van der Waals surface area contributed by atoms with Gasteiger partial charge < -0.3 is 4.90 Å². The molecule has 0 unspecified atom stereocenters. The fourth-order valence-corrected chi connectivity index (χ4v) is 4.09. The third kappa shape index (κ3) is 3.11. The third-order valence-corrected chi connectivity index (χ3v) is 6.09. The first-order chi connectivity index (χ1) is 11.4. The minimum absolute atomic E-state index is 0.0963. The van der Waals surface area contributed by atoms with E-state index >= 15 is 0 Å². The number of thiazole rings is 1. The van der Waals surface area contributed by atoms with Crippen LogP contribution in [0.3, 0.4) is 0 Å². The van der Waals surface area contributed by atoms with Gasteiger partial charge in [0.05, 0.1) is 10.7 Å². The molecule has 0 spiro atoms. The quantitative estimate of drug-likeness (QED) is 0.848. The molecule has 0 atom stereocenters. The summed E-state index contributed by atoms with van der Waals surface area (Å²) < 4.78 is 1.84. The molecule has 1 aliphatic rings. The molecule has 1 saturated heterocycles. The molecule has 130 valence electrons. The first-order valence-corrected chi connectivity index (χ1v) is 9.59. The number of piperidine rings is 1. The maximum absolute atomic E-state index is 13.0. The minimum atomic E-state index is 0.0963. The number of likely N-dealkylation sites (tertiary alicyclic amines) is 1. The monoisotopic (exact) mass is 346 g/mol. The van der Waals surface area contributed by atoms with E-state index in [1.54, 1.807) is 11.3 Å². The van der Waals surface area contributed by atoms with E-state index in [-0.39, 0.29) is 11.3 Å². The number of hydrogen-bond donors (Lipinski definition) is 0.